The Morgan fingerprint density at radius 3 is 2.80 bits per heavy atom. The number of likely N-dealkylation sites (tertiary alicyclic amines) is 1. The Bertz CT molecular complexity index is 540. The molecule has 0 aliphatic carbocycles. The van der Waals surface area contributed by atoms with Gasteiger partial charge in [0, 0.05) is 24.4 Å². The van der Waals surface area contributed by atoms with E-state index in [1.165, 1.54) is 6.07 Å². The van der Waals surface area contributed by atoms with Crippen molar-refractivity contribution in [2.75, 3.05) is 13.1 Å². The Morgan fingerprint density at radius 2 is 2.25 bits per heavy atom. The van der Waals surface area contributed by atoms with Gasteiger partial charge in [0.2, 0.25) is 11.8 Å². The van der Waals surface area contributed by atoms with Crippen LogP contribution in [-0.2, 0) is 16.1 Å². The normalized spacial score (nSPS) is 18.4. The molecule has 0 radical (unpaired) electrons. The number of carboxylic acids is 1. The number of hydrogen-bond acceptors (Lipinski definition) is 4. The number of carbonyl (C=O) groups is 3. The average Bonchev–Trinajstić information content (AvgIpc) is 3.02. The third-order valence-corrected chi connectivity index (χ3v) is 4.35. The number of aromatic carboxylic acids is 1. The van der Waals surface area contributed by atoms with Gasteiger partial charge in [-0.2, -0.15) is 0 Å². The van der Waals surface area contributed by atoms with Crippen LogP contribution in [0.15, 0.2) is 12.1 Å². The lowest BCUT2D eigenvalue weighted by Gasteiger charge is -2.13. The minimum atomic E-state index is -0.965. The maximum atomic E-state index is 12.0. The standard InChI is InChI=1S/C13H16N2O4S/c1-2-15-7-8(5-11(15)16)12(17)14-6-9-3-4-10(20-9)13(18)19/h3-4,8H,2,5-7H2,1H3,(H,14,17)(H,18,19). The van der Waals surface area contributed by atoms with E-state index in [1.807, 2.05) is 6.92 Å². The molecule has 0 spiro atoms. The Balaban J connectivity index is 1.86. The van der Waals surface area contributed by atoms with Gasteiger partial charge in [-0.3, -0.25) is 9.59 Å². The van der Waals surface area contributed by atoms with E-state index in [0.29, 0.717) is 19.6 Å². The highest BCUT2D eigenvalue weighted by molar-refractivity contribution is 7.13. The van der Waals surface area contributed by atoms with Crippen molar-refractivity contribution in [1.29, 1.82) is 0 Å². The molecule has 1 fully saturated rings. The maximum absolute atomic E-state index is 12.0. The van der Waals surface area contributed by atoms with E-state index in [2.05, 4.69) is 5.32 Å². The van der Waals surface area contributed by atoms with Crippen LogP contribution in [0.2, 0.25) is 0 Å². The van der Waals surface area contributed by atoms with Gasteiger partial charge in [0.25, 0.3) is 0 Å². The topological polar surface area (TPSA) is 86.7 Å². The summed E-state index contributed by atoms with van der Waals surface area (Å²) in [6.07, 6.45) is 0.254. The molecular weight excluding hydrogens is 280 g/mol. The van der Waals surface area contributed by atoms with Crippen molar-refractivity contribution in [3.05, 3.63) is 21.9 Å². The number of rotatable bonds is 5. The molecule has 1 aliphatic rings. The van der Waals surface area contributed by atoms with Crippen molar-refractivity contribution in [2.24, 2.45) is 5.92 Å². The number of amides is 2. The molecule has 1 saturated heterocycles. The number of carbonyl (C=O) groups excluding carboxylic acids is 2. The van der Waals surface area contributed by atoms with Gasteiger partial charge in [-0.15, -0.1) is 11.3 Å². The monoisotopic (exact) mass is 296 g/mol. The number of thiophene rings is 1. The largest absolute Gasteiger partial charge is 0.477 e. The zero-order chi connectivity index (χ0) is 14.7. The van der Waals surface area contributed by atoms with Gasteiger partial charge in [-0.1, -0.05) is 0 Å². The SMILES string of the molecule is CCN1CC(C(=O)NCc2ccc(C(=O)O)s2)CC1=O. The Kier molecular flexibility index (Phi) is 4.39. The van der Waals surface area contributed by atoms with Gasteiger partial charge in [0.05, 0.1) is 12.5 Å². The fourth-order valence-corrected chi connectivity index (χ4v) is 2.95. The van der Waals surface area contributed by atoms with Gasteiger partial charge >= 0.3 is 5.97 Å². The van der Waals surface area contributed by atoms with Crippen LogP contribution in [0.1, 0.15) is 27.9 Å². The number of carboxylic acid groups (broad SMARTS) is 1. The van der Waals surface area contributed by atoms with Gasteiger partial charge in [-0.25, -0.2) is 4.79 Å². The number of nitrogens with zero attached hydrogens (tertiary/aromatic N) is 1. The highest BCUT2D eigenvalue weighted by Gasteiger charge is 2.33. The zero-order valence-corrected chi connectivity index (χ0v) is 11.9. The van der Waals surface area contributed by atoms with E-state index in [4.69, 9.17) is 5.11 Å². The fraction of sp³-hybridized carbons (Fsp3) is 0.462. The lowest BCUT2D eigenvalue weighted by atomic mass is 10.1. The average molecular weight is 296 g/mol. The van der Waals surface area contributed by atoms with E-state index < -0.39 is 5.97 Å². The van der Waals surface area contributed by atoms with Gasteiger partial charge in [0.15, 0.2) is 0 Å². The van der Waals surface area contributed by atoms with E-state index in [0.717, 1.165) is 16.2 Å². The molecule has 0 saturated carbocycles. The Labute approximate surface area is 120 Å². The van der Waals surface area contributed by atoms with Crippen LogP contribution in [0.4, 0.5) is 0 Å². The summed E-state index contributed by atoms with van der Waals surface area (Å²) in [4.78, 5) is 37.0. The predicted octanol–water partition coefficient (Wildman–Crippen LogP) is 0.931. The molecule has 2 N–H and O–H groups in total. The second-order valence-electron chi connectivity index (χ2n) is 4.62. The summed E-state index contributed by atoms with van der Waals surface area (Å²) in [6.45, 7) is 3.27. The Hall–Kier alpha value is -1.89. The van der Waals surface area contributed by atoms with Crippen molar-refractivity contribution in [3.8, 4) is 0 Å². The summed E-state index contributed by atoms with van der Waals surface area (Å²) in [7, 11) is 0. The lowest BCUT2D eigenvalue weighted by molar-refractivity contribution is -0.128. The van der Waals surface area contributed by atoms with Crippen molar-refractivity contribution < 1.29 is 19.5 Å². The molecule has 1 aliphatic heterocycles. The predicted molar refractivity (Wildman–Crippen MR) is 73.5 cm³/mol. The summed E-state index contributed by atoms with van der Waals surface area (Å²) in [5.74, 6) is -1.41. The first-order valence-corrected chi connectivity index (χ1v) is 7.20. The highest BCUT2D eigenvalue weighted by Crippen LogP contribution is 2.19. The number of nitrogens with one attached hydrogen (secondary N) is 1. The van der Waals surface area contributed by atoms with E-state index in [1.54, 1.807) is 11.0 Å². The van der Waals surface area contributed by atoms with Crippen molar-refractivity contribution in [3.63, 3.8) is 0 Å². The van der Waals surface area contributed by atoms with Gasteiger partial charge in [-0.05, 0) is 19.1 Å². The molecule has 7 heteroatoms. The zero-order valence-electron chi connectivity index (χ0n) is 11.1. The van der Waals surface area contributed by atoms with Crippen molar-refractivity contribution in [2.45, 2.75) is 19.9 Å². The molecule has 0 aromatic carbocycles. The number of hydrogen-bond donors (Lipinski definition) is 2. The maximum Gasteiger partial charge on any atom is 0.345 e. The molecule has 2 amide bonds. The summed E-state index contributed by atoms with van der Waals surface area (Å²) < 4.78 is 0. The Morgan fingerprint density at radius 1 is 1.50 bits per heavy atom. The summed E-state index contributed by atoms with van der Waals surface area (Å²) >= 11 is 1.14. The summed E-state index contributed by atoms with van der Waals surface area (Å²) in [5.41, 5.74) is 0. The molecule has 2 heterocycles. The quantitative estimate of drug-likeness (QED) is 0.846. The van der Waals surface area contributed by atoms with Gasteiger partial charge in [0.1, 0.15) is 4.88 Å². The van der Waals surface area contributed by atoms with Crippen molar-refractivity contribution in [1.82, 2.24) is 10.2 Å². The highest BCUT2D eigenvalue weighted by atomic mass is 32.1. The summed E-state index contributed by atoms with van der Waals surface area (Å²) in [5, 5.41) is 11.6. The van der Waals surface area contributed by atoms with Crippen LogP contribution >= 0.6 is 11.3 Å². The van der Waals surface area contributed by atoms with Crippen LogP contribution in [0.5, 0.6) is 0 Å². The second-order valence-corrected chi connectivity index (χ2v) is 5.79. The smallest absolute Gasteiger partial charge is 0.345 e. The van der Waals surface area contributed by atoms with E-state index >= 15 is 0 Å². The van der Waals surface area contributed by atoms with Crippen LogP contribution in [0.3, 0.4) is 0 Å². The van der Waals surface area contributed by atoms with Crippen LogP contribution in [0, 0.1) is 5.92 Å². The molecule has 0 bridgehead atoms. The molecule has 1 atom stereocenters. The third-order valence-electron chi connectivity index (χ3n) is 3.28. The minimum Gasteiger partial charge on any atom is -0.477 e. The molecule has 6 nitrogen and oxygen atoms in total. The first-order chi connectivity index (χ1) is 9.51. The third kappa shape index (κ3) is 3.16. The molecule has 1 aromatic rings. The second kappa shape index (κ2) is 6.04. The lowest BCUT2D eigenvalue weighted by Crippen LogP contribution is -2.32. The molecule has 20 heavy (non-hydrogen) atoms. The van der Waals surface area contributed by atoms with Crippen LogP contribution < -0.4 is 5.32 Å². The van der Waals surface area contributed by atoms with Crippen molar-refractivity contribution >= 4 is 29.1 Å². The van der Waals surface area contributed by atoms with E-state index in [9.17, 15) is 14.4 Å². The first kappa shape index (κ1) is 14.5. The molecular formula is C13H16N2O4S. The summed E-state index contributed by atoms with van der Waals surface area (Å²) in [6, 6.07) is 3.21. The first-order valence-electron chi connectivity index (χ1n) is 6.38. The molecule has 1 aromatic heterocycles. The molecule has 2 rings (SSSR count). The minimum absolute atomic E-state index is 0.0111. The van der Waals surface area contributed by atoms with Crippen LogP contribution in [0.25, 0.3) is 0 Å². The fourth-order valence-electron chi connectivity index (χ4n) is 2.16. The van der Waals surface area contributed by atoms with Gasteiger partial charge < -0.3 is 15.3 Å². The molecule has 1 unspecified atom stereocenters. The molecule has 108 valence electrons. The van der Waals surface area contributed by atoms with E-state index in [-0.39, 0.29) is 29.0 Å². The van der Waals surface area contributed by atoms with Crippen LogP contribution in [-0.4, -0.2) is 40.9 Å².